The maximum Gasteiger partial charge on any atom is 0.335 e. The Morgan fingerprint density at radius 1 is 0.709 bits per heavy atom. The Morgan fingerprint density at radius 3 is 1.75 bits per heavy atom. The molecule has 0 saturated carbocycles. The van der Waals surface area contributed by atoms with Crippen molar-refractivity contribution in [2.75, 3.05) is 14.2 Å². The summed E-state index contributed by atoms with van der Waals surface area (Å²) in [6.45, 7) is 4.73. The van der Waals surface area contributed by atoms with Crippen LogP contribution in [-0.2, 0) is 13.2 Å². The van der Waals surface area contributed by atoms with Crippen molar-refractivity contribution in [3.63, 3.8) is 0 Å². The molecule has 0 bridgehead atoms. The molecule has 280 valence electrons. The molecule has 0 amide bonds. The lowest BCUT2D eigenvalue weighted by Gasteiger charge is -2.21. The second-order valence-electron chi connectivity index (χ2n) is 12.9. The van der Waals surface area contributed by atoms with E-state index in [9.17, 15) is 9.59 Å². The summed E-state index contributed by atoms with van der Waals surface area (Å²) in [7, 11) is 3.18. The number of ether oxygens (including phenoxy) is 4. The first-order valence-corrected chi connectivity index (χ1v) is 17.6. The van der Waals surface area contributed by atoms with Gasteiger partial charge in [0, 0.05) is 65.3 Å². The molecule has 0 saturated heterocycles. The summed E-state index contributed by atoms with van der Waals surface area (Å²) in [5.41, 5.74) is 14.3. The fourth-order valence-electron chi connectivity index (χ4n) is 6.12. The fourth-order valence-corrected chi connectivity index (χ4v) is 6.12. The molecule has 12 nitrogen and oxygen atoms in total. The van der Waals surface area contributed by atoms with Crippen LogP contribution in [0.1, 0.15) is 75.5 Å². The molecule has 4 aromatic heterocycles. The number of carbonyl (C=O) groups is 2. The summed E-state index contributed by atoms with van der Waals surface area (Å²) in [6, 6.07) is 25.9. The Kier molecular flexibility index (Phi) is 12.1. The predicted octanol–water partition coefficient (Wildman–Crippen LogP) is 7.87. The highest BCUT2D eigenvalue weighted by molar-refractivity contribution is 5.97. The lowest BCUT2D eigenvalue weighted by molar-refractivity contribution is 0.0696. The zero-order valence-electron chi connectivity index (χ0n) is 30.9. The normalized spacial score (nSPS) is 12.7. The summed E-state index contributed by atoms with van der Waals surface area (Å²) in [4.78, 5) is 40.4. The second kappa shape index (κ2) is 17.4. The van der Waals surface area contributed by atoms with Crippen molar-refractivity contribution in [1.29, 1.82) is 0 Å². The molecule has 0 fully saturated rings. The monoisotopic (exact) mass is 739 g/mol. The number of carboxylic acid groups (broad SMARTS) is 1. The van der Waals surface area contributed by atoms with Gasteiger partial charge < -0.3 is 29.8 Å². The summed E-state index contributed by atoms with van der Waals surface area (Å²) in [6.07, 6.45) is 7.23. The van der Waals surface area contributed by atoms with Gasteiger partial charge in [0.05, 0.1) is 37.9 Å². The quantitative estimate of drug-likeness (QED) is 0.145. The number of ketones is 1. The predicted molar refractivity (Wildman–Crippen MR) is 207 cm³/mol. The van der Waals surface area contributed by atoms with Crippen molar-refractivity contribution in [2.24, 2.45) is 5.73 Å². The Bertz CT molecular complexity index is 2310. The molecular formula is C43H41N5O7. The number of hydrogen-bond donors (Lipinski definition) is 2. The SMILES string of the molecule is COc1cccc(C(C)CC(=O)c2ccc3c(c2)COc2cnccc2-3)n1.COc1cccc(C(C)N)n1.O=C(O)c1ccc2c(c1)COc1cnccc1-2. The smallest absolute Gasteiger partial charge is 0.335 e. The Balaban J connectivity index is 0.000000156. The fraction of sp³-hybridized carbons (Fsp3) is 0.209. The molecule has 6 heterocycles. The van der Waals surface area contributed by atoms with Crippen LogP contribution >= 0.6 is 0 Å². The summed E-state index contributed by atoms with van der Waals surface area (Å²) < 4.78 is 21.4. The van der Waals surface area contributed by atoms with E-state index in [0.717, 1.165) is 56.3 Å². The Labute approximate surface area is 319 Å². The van der Waals surface area contributed by atoms with E-state index in [2.05, 4.69) is 19.9 Å². The van der Waals surface area contributed by atoms with Gasteiger partial charge in [0.15, 0.2) is 5.78 Å². The Morgan fingerprint density at radius 2 is 1.22 bits per heavy atom. The van der Waals surface area contributed by atoms with Crippen LogP contribution in [0.3, 0.4) is 0 Å². The van der Waals surface area contributed by atoms with Gasteiger partial charge in [0.25, 0.3) is 0 Å². The maximum absolute atomic E-state index is 12.8. The number of methoxy groups -OCH3 is 2. The number of carbonyl (C=O) groups excluding carboxylic acids is 1. The number of carboxylic acids is 1. The summed E-state index contributed by atoms with van der Waals surface area (Å²) in [5.74, 6) is 1.87. The van der Waals surface area contributed by atoms with Gasteiger partial charge in [-0.25, -0.2) is 14.8 Å². The number of fused-ring (bicyclic) bond motifs is 6. The second-order valence-corrected chi connectivity index (χ2v) is 12.9. The number of nitrogens with two attached hydrogens (primary N) is 1. The highest BCUT2D eigenvalue weighted by Crippen LogP contribution is 2.38. The van der Waals surface area contributed by atoms with Crippen LogP contribution in [0.25, 0.3) is 22.3 Å². The minimum Gasteiger partial charge on any atom is -0.487 e. The number of hydrogen-bond acceptors (Lipinski definition) is 11. The Hall–Kier alpha value is -6.66. The maximum atomic E-state index is 12.8. The first-order chi connectivity index (χ1) is 26.6. The highest BCUT2D eigenvalue weighted by atomic mass is 16.5. The van der Waals surface area contributed by atoms with Crippen molar-refractivity contribution >= 4 is 11.8 Å². The number of aromatic carboxylic acids is 1. The van der Waals surface area contributed by atoms with Gasteiger partial charge in [-0.05, 0) is 71.6 Å². The van der Waals surface area contributed by atoms with Gasteiger partial charge in [-0.3, -0.25) is 14.8 Å². The van der Waals surface area contributed by atoms with Crippen molar-refractivity contribution in [1.82, 2.24) is 19.9 Å². The topological polar surface area (TPSA) is 169 Å². The largest absolute Gasteiger partial charge is 0.487 e. The molecule has 3 N–H and O–H groups in total. The van der Waals surface area contributed by atoms with Crippen molar-refractivity contribution in [2.45, 2.75) is 45.4 Å². The molecule has 2 aromatic carbocycles. The summed E-state index contributed by atoms with van der Waals surface area (Å²) in [5, 5.41) is 8.93. The number of benzene rings is 2. The molecule has 0 aliphatic carbocycles. The van der Waals surface area contributed by atoms with Crippen LogP contribution in [0.4, 0.5) is 0 Å². The van der Waals surface area contributed by atoms with Crippen LogP contribution < -0.4 is 24.7 Å². The van der Waals surface area contributed by atoms with E-state index in [0.29, 0.717) is 37.0 Å². The van der Waals surface area contributed by atoms with E-state index in [4.69, 9.17) is 29.8 Å². The number of aromatic nitrogens is 4. The third-order valence-corrected chi connectivity index (χ3v) is 9.07. The minimum absolute atomic E-state index is 0.00619. The molecule has 2 aliphatic heterocycles. The van der Waals surface area contributed by atoms with Gasteiger partial charge in [-0.2, -0.15) is 0 Å². The van der Waals surface area contributed by atoms with Crippen LogP contribution in [0.2, 0.25) is 0 Å². The lowest BCUT2D eigenvalue weighted by atomic mass is 9.92. The number of rotatable bonds is 8. The average molecular weight is 740 g/mol. The molecule has 6 aromatic rings. The molecule has 2 aliphatic rings. The zero-order valence-corrected chi connectivity index (χ0v) is 30.9. The van der Waals surface area contributed by atoms with E-state index >= 15 is 0 Å². The number of pyridine rings is 4. The highest BCUT2D eigenvalue weighted by Gasteiger charge is 2.21. The molecule has 2 unspecified atom stereocenters. The van der Waals surface area contributed by atoms with Crippen molar-refractivity contribution < 1.29 is 33.6 Å². The van der Waals surface area contributed by atoms with Gasteiger partial charge >= 0.3 is 5.97 Å². The lowest BCUT2D eigenvalue weighted by Crippen LogP contribution is -2.10. The standard InChI is InChI=1S/C22H20N2O3.C13H9NO3.C8H12N2O/c1-14(19-4-3-5-22(24-19)26-2)10-20(25)15-6-7-17-16(11-15)13-27-21-12-23-9-8-18(17)21;15-13(16)8-1-2-10-9(5-8)7-17-12-6-14-4-3-11(10)12;1-6(9)7-4-3-5-8(10-7)11-2/h3-9,11-12,14H,10,13H2,1-2H3;1-6H,7H2,(H,15,16);3-6H,9H2,1-2H3. The summed E-state index contributed by atoms with van der Waals surface area (Å²) >= 11 is 0. The van der Waals surface area contributed by atoms with Gasteiger partial charge in [0.2, 0.25) is 11.8 Å². The third kappa shape index (κ3) is 9.11. The molecule has 12 heteroatoms. The van der Waals surface area contributed by atoms with E-state index in [1.165, 1.54) is 0 Å². The van der Waals surface area contributed by atoms with Gasteiger partial charge in [-0.1, -0.05) is 37.3 Å². The first-order valence-electron chi connectivity index (χ1n) is 17.6. The molecule has 55 heavy (non-hydrogen) atoms. The number of nitrogens with zero attached hydrogens (tertiary/aromatic N) is 4. The molecule has 2 atom stereocenters. The van der Waals surface area contributed by atoms with E-state index < -0.39 is 5.97 Å². The van der Waals surface area contributed by atoms with Gasteiger partial charge in [-0.15, -0.1) is 0 Å². The molecule has 8 rings (SSSR count). The third-order valence-electron chi connectivity index (χ3n) is 9.07. The minimum atomic E-state index is -0.923. The van der Waals surface area contributed by atoms with E-state index in [-0.39, 0.29) is 23.3 Å². The van der Waals surface area contributed by atoms with Crippen molar-refractivity contribution in [3.8, 4) is 45.5 Å². The van der Waals surface area contributed by atoms with E-state index in [1.807, 2.05) is 74.5 Å². The number of Topliss-reactive ketones (excluding diaryl/α,β-unsaturated/α-hetero) is 1. The zero-order chi connectivity index (χ0) is 38.9. The van der Waals surface area contributed by atoms with Crippen LogP contribution in [0.15, 0.2) is 110 Å². The first kappa shape index (κ1) is 38.1. The molecule has 0 spiro atoms. The van der Waals surface area contributed by atoms with E-state index in [1.54, 1.807) is 63.3 Å². The van der Waals surface area contributed by atoms with Crippen LogP contribution in [0.5, 0.6) is 23.3 Å². The van der Waals surface area contributed by atoms with Crippen LogP contribution in [-0.4, -0.2) is 51.0 Å². The van der Waals surface area contributed by atoms with Gasteiger partial charge in [0.1, 0.15) is 24.7 Å². The van der Waals surface area contributed by atoms with Crippen LogP contribution in [0, 0.1) is 0 Å². The molecule has 0 radical (unpaired) electrons. The van der Waals surface area contributed by atoms with Crippen molar-refractivity contribution in [3.05, 3.63) is 143 Å². The average Bonchev–Trinajstić information content (AvgIpc) is 3.23. The molecular weight excluding hydrogens is 699 g/mol.